The van der Waals surface area contributed by atoms with Gasteiger partial charge in [0.2, 0.25) is 0 Å². The number of nitrogens with one attached hydrogen (secondary N) is 1. The highest BCUT2D eigenvalue weighted by Crippen LogP contribution is 2.41. The molecule has 1 aliphatic heterocycles. The van der Waals surface area contributed by atoms with Crippen LogP contribution in [0.5, 0.6) is 0 Å². The fraction of sp³-hybridized carbons (Fsp3) is 0.318. The minimum atomic E-state index is 0.186. The lowest BCUT2D eigenvalue weighted by molar-refractivity contribution is 0.0547. The minimum Gasteiger partial charge on any atom is -0.361 e. The van der Waals surface area contributed by atoms with E-state index in [4.69, 9.17) is 0 Å². The quantitative estimate of drug-likeness (QED) is 0.700. The molecule has 1 aliphatic carbocycles. The fourth-order valence-electron chi connectivity index (χ4n) is 4.80. The number of carbonyl (C=O) groups is 1. The number of fused-ring (bicyclic) bond motifs is 4. The Kier molecular flexibility index (Phi) is 3.40. The molecule has 25 heavy (non-hydrogen) atoms. The molecule has 1 amide bonds. The maximum absolute atomic E-state index is 13.2. The van der Waals surface area contributed by atoms with Gasteiger partial charge in [0.25, 0.3) is 5.91 Å². The number of hydrogen-bond acceptors (Lipinski definition) is 1. The predicted octanol–water partition coefficient (Wildman–Crippen LogP) is 4.50. The highest BCUT2D eigenvalue weighted by molar-refractivity contribution is 5.98. The Labute approximate surface area is 147 Å². The van der Waals surface area contributed by atoms with Crippen LogP contribution in [0.3, 0.4) is 0 Å². The number of rotatable bonds is 1. The van der Waals surface area contributed by atoms with E-state index in [2.05, 4.69) is 34.1 Å². The van der Waals surface area contributed by atoms with Crippen molar-refractivity contribution in [1.29, 1.82) is 0 Å². The molecule has 3 heteroatoms. The van der Waals surface area contributed by atoms with E-state index in [9.17, 15) is 4.79 Å². The monoisotopic (exact) mass is 330 g/mol. The van der Waals surface area contributed by atoms with Crippen LogP contribution in [0.4, 0.5) is 0 Å². The number of nitrogens with zero attached hydrogens (tertiary/aromatic N) is 1. The summed E-state index contributed by atoms with van der Waals surface area (Å²) in [6.07, 6.45) is 6.37. The summed E-state index contributed by atoms with van der Waals surface area (Å²) in [5.74, 6) is 0.683. The lowest BCUT2D eigenvalue weighted by Crippen LogP contribution is -2.49. The molecule has 126 valence electrons. The van der Waals surface area contributed by atoms with E-state index in [1.807, 2.05) is 30.5 Å². The summed E-state index contributed by atoms with van der Waals surface area (Å²) < 4.78 is 0. The standard InChI is InChI=1S/C22H22N2O/c25-22(17-8-7-16-11-12-23-20(16)14-17)24-13-3-6-19-18-5-2-1-4-15(18)9-10-21(19)24/h1-2,4-5,7-8,11-12,14,19,21,23H,3,6,9-10,13H2/t19-,21+/m0/s1. The molecule has 1 aromatic heterocycles. The Bertz CT molecular complexity index is 942. The molecule has 2 aromatic carbocycles. The average molecular weight is 330 g/mol. The molecule has 2 heterocycles. The molecule has 0 bridgehead atoms. The van der Waals surface area contributed by atoms with Crippen molar-refractivity contribution in [2.45, 2.75) is 37.6 Å². The number of piperidine rings is 1. The van der Waals surface area contributed by atoms with E-state index in [0.29, 0.717) is 12.0 Å². The van der Waals surface area contributed by atoms with Crippen LogP contribution in [0.25, 0.3) is 10.9 Å². The minimum absolute atomic E-state index is 0.186. The number of likely N-dealkylation sites (tertiary alicyclic amines) is 1. The van der Waals surface area contributed by atoms with Gasteiger partial charge < -0.3 is 9.88 Å². The smallest absolute Gasteiger partial charge is 0.254 e. The third-order valence-electron chi connectivity index (χ3n) is 6.01. The topological polar surface area (TPSA) is 36.1 Å². The first-order valence-corrected chi connectivity index (χ1v) is 9.27. The van der Waals surface area contributed by atoms with Crippen molar-refractivity contribution in [2.24, 2.45) is 0 Å². The molecule has 0 unspecified atom stereocenters. The van der Waals surface area contributed by atoms with Crippen molar-refractivity contribution in [2.75, 3.05) is 6.54 Å². The van der Waals surface area contributed by atoms with Crippen molar-refractivity contribution in [3.05, 3.63) is 71.4 Å². The van der Waals surface area contributed by atoms with Gasteiger partial charge in [-0.25, -0.2) is 0 Å². The summed E-state index contributed by atoms with van der Waals surface area (Å²) in [5.41, 5.74) is 4.78. The van der Waals surface area contributed by atoms with Crippen LogP contribution in [-0.2, 0) is 6.42 Å². The maximum Gasteiger partial charge on any atom is 0.254 e. The van der Waals surface area contributed by atoms with Gasteiger partial charge in [0.05, 0.1) is 0 Å². The zero-order chi connectivity index (χ0) is 16.8. The van der Waals surface area contributed by atoms with Crippen molar-refractivity contribution in [1.82, 2.24) is 9.88 Å². The zero-order valence-electron chi connectivity index (χ0n) is 14.2. The number of H-pyrrole nitrogens is 1. The molecule has 5 rings (SSSR count). The molecular weight excluding hydrogens is 308 g/mol. The van der Waals surface area contributed by atoms with Crippen LogP contribution in [0.15, 0.2) is 54.7 Å². The van der Waals surface area contributed by atoms with Crippen molar-refractivity contribution in [3.63, 3.8) is 0 Å². The van der Waals surface area contributed by atoms with E-state index in [1.165, 1.54) is 17.5 Å². The third kappa shape index (κ3) is 2.38. The van der Waals surface area contributed by atoms with E-state index in [1.54, 1.807) is 0 Å². The summed E-state index contributed by atoms with van der Waals surface area (Å²) >= 11 is 0. The molecule has 2 aliphatic rings. The third-order valence-corrected chi connectivity index (χ3v) is 6.01. The molecule has 1 fully saturated rings. The molecule has 0 spiro atoms. The van der Waals surface area contributed by atoms with Crippen LogP contribution in [0.1, 0.15) is 46.7 Å². The Morgan fingerprint density at radius 3 is 2.96 bits per heavy atom. The second-order valence-electron chi connectivity index (χ2n) is 7.33. The first-order chi connectivity index (χ1) is 12.3. The average Bonchev–Trinajstić information content (AvgIpc) is 3.14. The first-order valence-electron chi connectivity index (χ1n) is 9.27. The van der Waals surface area contributed by atoms with Crippen LogP contribution in [0, 0.1) is 0 Å². The summed E-state index contributed by atoms with van der Waals surface area (Å²) in [6.45, 7) is 0.880. The predicted molar refractivity (Wildman–Crippen MR) is 99.9 cm³/mol. The highest BCUT2D eigenvalue weighted by Gasteiger charge is 2.38. The first kappa shape index (κ1) is 14.8. The van der Waals surface area contributed by atoms with Crippen LogP contribution in [-0.4, -0.2) is 28.4 Å². The number of aryl methyl sites for hydroxylation is 1. The molecule has 3 nitrogen and oxygen atoms in total. The fourth-order valence-corrected chi connectivity index (χ4v) is 4.80. The second-order valence-corrected chi connectivity index (χ2v) is 7.33. The van der Waals surface area contributed by atoms with Gasteiger partial charge in [-0.3, -0.25) is 4.79 Å². The summed E-state index contributed by atoms with van der Waals surface area (Å²) in [6, 6.07) is 17.2. The van der Waals surface area contributed by atoms with E-state index in [-0.39, 0.29) is 5.91 Å². The molecule has 1 N–H and O–H groups in total. The number of hydrogen-bond donors (Lipinski definition) is 1. The number of carbonyl (C=O) groups excluding carboxylic acids is 1. The van der Waals surface area contributed by atoms with Gasteiger partial charge in [0, 0.05) is 35.8 Å². The summed E-state index contributed by atoms with van der Waals surface area (Å²) in [4.78, 5) is 18.6. The number of amides is 1. The highest BCUT2D eigenvalue weighted by atomic mass is 16.2. The molecule has 0 radical (unpaired) electrons. The molecule has 2 atom stereocenters. The Hall–Kier alpha value is -2.55. The SMILES string of the molecule is O=C(c1ccc2cc[nH]c2c1)N1CCC[C@H]2c3ccccc3CC[C@H]21. The van der Waals surface area contributed by atoms with Gasteiger partial charge in [0.15, 0.2) is 0 Å². The lowest BCUT2D eigenvalue weighted by Gasteiger charge is -2.45. The summed E-state index contributed by atoms with van der Waals surface area (Å²) in [5, 5.41) is 1.15. The molecule has 0 saturated carbocycles. The molecular formula is C22H22N2O. The molecule has 3 aromatic rings. The van der Waals surface area contributed by atoms with Gasteiger partial charge >= 0.3 is 0 Å². The number of aromatic amines is 1. The van der Waals surface area contributed by atoms with Gasteiger partial charge in [-0.2, -0.15) is 0 Å². The van der Waals surface area contributed by atoms with Crippen LogP contribution >= 0.6 is 0 Å². The maximum atomic E-state index is 13.2. The van der Waals surface area contributed by atoms with Crippen molar-refractivity contribution >= 4 is 16.8 Å². The zero-order valence-corrected chi connectivity index (χ0v) is 14.2. The second kappa shape index (κ2) is 5.76. The van der Waals surface area contributed by atoms with Gasteiger partial charge in [-0.1, -0.05) is 30.3 Å². The Balaban J connectivity index is 1.48. The Morgan fingerprint density at radius 2 is 2.00 bits per heavy atom. The van der Waals surface area contributed by atoms with E-state index < -0.39 is 0 Å². The number of benzene rings is 2. The number of aromatic nitrogens is 1. The largest absolute Gasteiger partial charge is 0.361 e. The van der Waals surface area contributed by atoms with Crippen molar-refractivity contribution in [3.8, 4) is 0 Å². The normalized spacial score (nSPS) is 22.5. The van der Waals surface area contributed by atoms with Gasteiger partial charge in [0.1, 0.15) is 0 Å². The van der Waals surface area contributed by atoms with Gasteiger partial charge in [-0.15, -0.1) is 0 Å². The Morgan fingerprint density at radius 1 is 1.08 bits per heavy atom. The van der Waals surface area contributed by atoms with E-state index in [0.717, 1.165) is 42.3 Å². The van der Waals surface area contributed by atoms with Crippen LogP contribution in [0.2, 0.25) is 0 Å². The van der Waals surface area contributed by atoms with Crippen molar-refractivity contribution < 1.29 is 4.79 Å². The van der Waals surface area contributed by atoms with E-state index >= 15 is 0 Å². The van der Waals surface area contributed by atoms with Crippen LogP contribution < -0.4 is 0 Å². The lowest BCUT2D eigenvalue weighted by atomic mass is 9.74. The summed E-state index contributed by atoms with van der Waals surface area (Å²) in [7, 11) is 0. The molecule has 1 saturated heterocycles. The van der Waals surface area contributed by atoms with Gasteiger partial charge in [-0.05, 0) is 60.4 Å².